The van der Waals surface area contributed by atoms with Gasteiger partial charge in [-0.25, -0.2) is 28.7 Å². The number of H-pyrrole nitrogens is 2. The highest BCUT2D eigenvalue weighted by molar-refractivity contribution is 6.08. The molecular formula is C50H49F8N13O5. The fraction of sp³-hybridized carbons (Fsp3) is 0.360. The van der Waals surface area contributed by atoms with Crippen molar-refractivity contribution in [3.63, 3.8) is 0 Å². The first-order valence-electron chi connectivity index (χ1n) is 24.1. The second-order valence-electron chi connectivity index (χ2n) is 18.4. The van der Waals surface area contributed by atoms with Gasteiger partial charge in [0.15, 0.2) is 0 Å². The lowest BCUT2D eigenvalue weighted by Crippen LogP contribution is -2.47. The van der Waals surface area contributed by atoms with Crippen molar-refractivity contribution in [3.8, 4) is 28.3 Å². The number of halogens is 8. The predicted octanol–water partition coefficient (Wildman–Crippen LogP) is 6.74. The summed E-state index contributed by atoms with van der Waals surface area (Å²) in [6.45, 7) is 5.87. The number of aromatic nitrogens is 6. The van der Waals surface area contributed by atoms with Gasteiger partial charge in [-0.15, -0.1) is 0 Å². The number of aromatic amines is 2. The smallest absolute Gasteiger partial charge is 0.417 e. The Kier molecular flexibility index (Phi) is 15.3. The molecule has 7 heterocycles. The van der Waals surface area contributed by atoms with Crippen molar-refractivity contribution in [3.05, 3.63) is 128 Å². The van der Waals surface area contributed by atoms with Crippen LogP contribution >= 0.6 is 0 Å². The summed E-state index contributed by atoms with van der Waals surface area (Å²) in [7, 11) is 1.90. The molecule has 3 saturated heterocycles. The molecule has 0 aliphatic carbocycles. The van der Waals surface area contributed by atoms with Gasteiger partial charge >= 0.3 is 18.4 Å². The lowest BCUT2D eigenvalue weighted by molar-refractivity contribution is -0.138. The minimum atomic E-state index is -5.03. The summed E-state index contributed by atoms with van der Waals surface area (Å²) in [4.78, 5) is 81.8. The van der Waals surface area contributed by atoms with Gasteiger partial charge in [-0.1, -0.05) is 0 Å². The molecule has 0 radical (unpaired) electrons. The number of amides is 2. The zero-order chi connectivity index (χ0) is 53.9. The third-order valence-corrected chi connectivity index (χ3v) is 13.3. The van der Waals surface area contributed by atoms with Gasteiger partial charge in [0.05, 0.1) is 51.6 Å². The molecule has 0 saturated carbocycles. The number of hydrogen-bond acceptors (Lipinski definition) is 14. The number of piperazine rings is 2. The van der Waals surface area contributed by atoms with Crippen LogP contribution in [-0.2, 0) is 12.4 Å². The number of rotatable bonds is 14. The predicted molar refractivity (Wildman–Crippen MR) is 265 cm³/mol. The van der Waals surface area contributed by atoms with E-state index in [2.05, 4.69) is 45.4 Å². The van der Waals surface area contributed by atoms with Gasteiger partial charge in [0.1, 0.15) is 11.6 Å². The number of carbonyl (C=O) groups excluding carboxylic acids is 2. The standard InChI is InChI=1S/C50H49F8N13O5/c1-67-8-12-69(13-9-67)41-21-38(52)32(18-39(41)65-45(74)33-27-59-43(72)19-35(33)49(53,54)55)30-25-63-48(64-26-30)76-16-4-5-68-10-14-70(15-11-68)42-22-37(51)31(29-23-61-47(62-24-29)71-6-2-3-7-71)17-40(42)66-46(75)34-28-60-44(73)20-36(34)50(56,57)58/h17-28H,2-16H2,1H3,(H,59,72)(H,60,73)(H,65,74)(H,66,75). The van der Waals surface area contributed by atoms with Gasteiger partial charge in [0.2, 0.25) is 17.1 Å². The highest BCUT2D eigenvalue weighted by Crippen LogP contribution is 2.39. The van der Waals surface area contributed by atoms with Crippen molar-refractivity contribution in [2.75, 3.05) is 111 Å². The zero-order valence-corrected chi connectivity index (χ0v) is 40.6. The van der Waals surface area contributed by atoms with E-state index in [1.54, 1.807) is 9.80 Å². The Balaban J connectivity index is 0.850. The molecule has 0 unspecified atom stereocenters. The number of carbonyl (C=O) groups is 2. The maximum Gasteiger partial charge on any atom is 0.417 e. The van der Waals surface area contributed by atoms with Crippen LogP contribution < -0.4 is 41.2 Å². The molecule has 3 fully saturated rings. The van der Waals surface area contributed by atoms with E-state index < -0.39 is 69.2 Å². The van der Waals surface area contributed by atoms with Crippen molar-refractivity contribution in [1.29, 1.82) is 0 Å². The molecule has 18 nitrogen and oxygen atoms in total. The molecule has 0 bridgehead atoms. The van der Waals surface area contributed by atoms with E-state index in [1.807, 2.05) is 16.8 Å². The second kappa shape index (κ2) is 22.1. The van der Waals surface area contributed by atoms with E-state index in [0.29, 0.717) is 95.8 Å². The highest BCUT2D eigenvalue weighted by Gasteiger charge is 2.38. The van der Waals surface area contributed by atoms with Crippen LogP contribution in [0.3, 0.4) is 0 Å². The third kappa shape index (κ3) is 12.1. The molecule has 2 aromatic carbocycles. The molecule has 400 valence electrons. The van der Waals surface area contributed by atoms with Gasteiger partial charge in [0.25, 0.3) is 11.8 Å². The molecule has 4 N–H and O–H groups in total. The highest BCUT2D eigenvalue weighted by atomic mass is 19.4. The topological polar surface area (TPSA) is 201 Å². The van der Waals surface area contributed by atoms with Crippen LogP contribution in [0.5, 0.6) is 6.01 Å². The van der Waals surface area contributed by atoms with Crippen LogP contribution in [0, 0.1) is 11.6 Å². The molecule has 26 heteroatoms. The largest absolute Gasteiger partial charge is 0.463 e. The van der Waals surface area contributed by atoms with Crippen LogP contribution in [0.25, 0.3) is 22.3 Å². The fourth-order valence-corrected chi connectivity index (χ4v) is 9.24. The van der Waals surface area contributed by atoms with Crippen LogP contribution in [0.1, 0.15) is 51.1 Å². The van der Waals surface area contributed by atoms with Crippen LogP contribution in [0.15, 0.2) is 83.2 Å². The van der Waals surface area contributed by atoms with Crippen LogP contribution in [0.2, 0.25) is 0 Å². The Morgan fingerprint density at radius 1 is 0.605 bits per heavy atom. The Bertz CT molecular complexity index is 3210. The van der Waals surface area contributed by atoms with E-state index in [4.69, 9.17) is 4.74 Å². The Hall–Kier alpha value is -8.00. The molecule has 76 heavy (non-hydrogen) atoms. The summed E-state index contributed by atoms with van der Waals surface area (Å²) in [6, 6.07) is 5.54. The maximum atomic E-state index is 16.1. The molecule has 9 rings (SSSR count). The molecule has 4 aromatic heterocycles. The number of likely N-dealkylation sites (N-methyl/N-ethyl adjacent to an activating group) is 1. The number of anilines is 5. The number of ether oxygens (including phenoxy) is 1. The first-order chi connectivity index (χ1) is 36.3. The van der Waals surface area contributed by atoms with E-state index in [-0.39, 0.29) is 57.6 Å². The van der Waals surface area contributed by atoms with E-state index in [0.717, 1.165) is 25.9 Å². The Morgan fingerprint density at radius 3 is 1.51 bits per heavy atom. The minimum Gasteiger partial charge on any atom is -0.463 e. The summed E-state index contributed by atoms with van der Waals surface area (Å²) in [5.41, 5.74) is -5.81. The Morgan fingerprint density at radius 2 is 1.05 bits per heavy atom. The fourth-order valence-electron chi connectivity index (χ4n) is 9.24. The SMILES string of the molecule is CN1CCN(c2cc(F)c(-c3cnc(OCCCN4CCN(c5cc(F)c(-c6cnc(N7CCCC7)nc6)cc5NC(=O)c5c[nH]c(=O)cc5C(F)(F)F)CC4)nc3)cc2NC(=O)c2c[nH]c(=O)cc2C(F)(F)F)CC1. The Labute approximate surface area is 427 Å². The summed E-state index contributed by atoms with van der Waals surface area (Å²) >= 11 is 0. The van der Waals surface area contributed by atoms with Crippen molar-refractivity contribution < 1.29 is 49.4 Å². The molecular weight excluding hydrogens is 1010 g/mol. The van der Waals surface area contributed by atoms with E-state index in [1.165, 1.54) is 49.1 Å². The summed E-state index contributed by atoms with van der Waals surface area (Å²) in [5.74, 6) is -3.30. The third-order valence-electron chi connectivity index (χ3n) is 13.3. The van der Waals surface area contributed by atoms with Gasteiger partial charge in [-0.05, 0) is 50.6 Å². The van der Waals surface area contributed by atoms with Crippen molar-refractivity contribution in [2.24, 2.45) is 0 Å². The molecule has 0 atom stereocenters. The number of nitrogens with zero attached hydrogens (tertiary/aromatic N) is 9. The average molecular weight is 1060 g/mol. The van der Waals surface area contributed by atoms with E-state index in [9.17, 15) is 45.5 Å². The summed E-state index contributed by atoms with van der Waals surface area (Å²) in [6.07, 6.45) is -0.764. The lowest BCUT2D eigenvalue weighted by Gasteiger charge is -2.37. The van der Waals surface area contributed by atoms with Crippen molar-refractivity contribution in [1.82, 2.24) is 39.7 Å². The molecule has 2 amide bonds. The molecule has 0 spiro atoms. The van der Waals surface area contributed by atoms with Gasteiger partial charge in [-0.2, -0.15) is 26.3 Å². The minimum absolute atomic E-state index is 0.00210. The molecule has 3 aliphatic heterocycles. The quantitative estimate of drug-likeness (QED) is 0.0660. The number of benzene rings is 2. The van der Waals surface area contributed by atoms with Crippen LogP contribution in [-0.4, -0.2) is 137 Å². The monoisotopic (exact) mass is 1060 g/mol. The number of hydrogen-bond donors (Lipinski definition) is 4. The van der Waals surface area contributed by atoms with Gasteiger partial charge < -0.3 is 44.9 Å². The van der Waals surface area contributed by atoms with Gasteiger partial charge in [0, 0.05) is 144 Å². The normalized spacial score (nSPS) is 15.8. The first-order valence-corrected chi connectivity index (χ1v) is 24.1. The van der Waals surface area contributed by atoms with Crippen molar-refractivity contribution >= 4 is 40.5 Å². The lowest BCUT2D eigenvalue weighted by atomic mass is 10.0. The van der Waals surface area contributed by atoms with Crippen LogP contribution in [0.4, 0.5) is 63.8 Å². The number of alkyl halides is 6. The van der Waals surface area contributed by atoms with Crippen molar-refractivity contribution in [2.45, 2.75) is 31.6 Å². The van der Waals surface area contributed by atoms with E-state index >= 15 is 8.78 Å². The molecule has 3 aliphatic rings. The summed E-state index contributed by atoms with van der Waals surface area (Å²) < 4.78 is 122. The number of pyridine rings is 2. The van der Waals surface area contributed by atoms with Gasteiger partial charge in [-0.3, -0.25) is 24.1 Å². The zero-order valence-electron chi connectivity index (χ0n) is 40.6. The average Bonchev–Trinajstić information content (AvgIpc) is 3.96. The molecule has 6 aromatic rings. The number of nitrogens with one attached hydrogen (secondary N) is 4. The maximum absolute atomic E-state index is 16.1. The second-order valence-corrected chi connectivity index (χ2v) is 18.4. The summed E-state index contributed by atoms with van der Waals surface area (Å²) in [5, 5.41) is 5.03. The first kappa shape index (κ1) is 52.8.